The second-order valence-corrected chi connectivity index (χ2v) is 9.15. The lowest BCUT2D eigenvalue weighted by atomic mass is 9.74. The van der Waals surface area contributed by atoms with Crippen LogP contribution in [-0.2, 0) is 9.53 Å². The predicted octanol–water partition coefficient (Wildman–Crippen LogP) is 1.57. The number of hydrogen-bond acceptors (Lipinski definition) is 5. The standard InChI is InChI=1S/C18H26N4O2S/c23-18(22-5-1-2-6-22)15-12-4-3-7-24-16-14(12)13(10-19-15)25-17(16)11-8-20-21-9-11/h8-9,12-17,19H,1-7,10H2,(H,20,21). The third-order valence-corrected chi connectivity index (χ3v) is 8.08. The molecule has 4 aliphatic heterocycles. The lowest BCUT2D eigenvalue weighted by Crippen LogP contribution is -2.59. The summed E-state index contributed by atoms with van der Waals surface area (Å²) in [4.78, 5) is 15.2. The summed E-state index contributed by atoms with van der Waals surface area (Å²) in [6.45, 7) is 3.59. The molecule has 7 heteroatoms. The third-order valence-electron chi connectivity index (χ3n) is 6.41. The number of aromatic amines is 1. The van der Waals surface area contributed by atoms with Gasteiger partial charge in [-0.2, -0.15) is 5.10 Å². The molecule has 6 nitrogen and oxygen atoms in total. The van der Waals surface area contributed by atoms with Crippen LogP contribution in [0.3, 0.4) is 0 Å². The number of carbonyl (C=O) groups excluding carboxylic acids is 1. The second-order valence-electron chi connectivity index (χ2n) is 7.76. The first-order valence-electron chi connectivity index (χ1n) is 9.61. The van der Waals surface area contributed by atoms with Gasteiger partial charge in [0.05, 0.1) is 23.6 Å². The van der Waals surface area contributed by atoms with E-state index in [4.69, 9.17) is 4.74 Å². The fourth-order valence-electron chi connectivity index (χ4n) is 5.28. The topological polar surface area (TPSA) is 70.2 Å². The number of rotatable bonds is 2. The van der Waals surface area contributed by atoms with E-state index in [-0.39, 0.29) is 12.1 Å². The van der Waals surface area contributed by atoms with E-state index < -0.39 is 0 Å². The number of piperidine rings is 1. The molecule has 0 aromatic carbocycles. The number of likely N-dealkylation sites (tertiary alicyclic amines) is 1. The molecule has 5 rings (SSSR count). The van der Waals surface area contributed by atoms with Crippen LogP contribution in [0.5, 0.6) is 0 Å². The van der Waals surface area contributed by atoms with Gasteiger partial charge >= 0.3 is 0 Å². The van der Waals surface area contributed by atoms with Gasteiger partial charge in [-0.25, -0.2) is 0 Å². The molecule has 1 amide bonds. The van der Waals surface area contributed by atoms with Gasteiger partial charge in [-0.05, 0) is 31.6 Å². The number of amides is 1. The molecule has 0 radical (unpaired) electrons. The summed E-state index contributed by atoms with van der Waals surface area (Å²) in [5.74, 6) is 1.19. The molecule has 1 aromatic rings. The van der Waals surface area contributed by atoms with Gasteiger partial charge in [0.15, 0.2) is 0 Å². The van der Waals surface area contributed by atoms with Crippen molar-refractivity contribution in [1.29, 1.82) is 0 Å². The van der Waals surface area contributed by atoms with E-state index in [0.29, 0.717) is 28.2 Å². The lowest BCUT2D eigenvalue weighted by molar-refractivity contribution is -0.135. The Balaban J connectivity index is 1.42. The fourth-order valence-corrected chi connectivity index (χ4v) is 7.08. The van der Waals surface area contributed by atoms with Gasteiger partial charge in [0, 0.05) is 49.2 Å². The molecule has 0 spiro atoms. The van der Waals surface area contributed by atoms with Gasteiger partial charge in [0.1, 0.15) is 0 Å². The highest BCUT2D eigenvalue weighted by Gasteiger charge is 2.55. The normalized spacial score (nSPS) is 40.7. The van der Waals surface area contributed by atoms with E-state index in [0.717, 1.165) is 51.9 Å². The smallest absolute Gasteiger partial charge is 0.240 e. The molecular formula is C18H26N4O2S. The molecule has 25 heavy (non-hydrogen) atoms. The highest BCUT2D eigenvalue weighted by Crippen LogP contribution is 2.55. The van der Waals surface area contributed by atoms with E-state index in [9.17, 15) is 4.79 Å². The summed E-state index contributed by atoms with van der Waals surface area (Å²) in [5, 5.41) is 11.6. The zero-order chi connectivity index (χ0) is 16.8. The molecular weight excluding hydrogens is 336 g/mol. The van der Waals surface area contributed by atoms with Gasteiger partial charge in [-0.1, -0.05) is 0 Å². The van der Waals surface area contributed by atoms with Crippen molar-refractivity contribution < 1.29 is 9.53 Å². The van der Waals surface area contributed by atoms with Gasteiger partial charge < -0.3 is 15.0 Å². The molecule has 5 heterocycles. The number of nitrogens with one attached hydrogen (secondary N) is 2. The second kappa shape index (κ2) is 6.59. The van der Waals surface area contributed by atoms with Crippen LogP contribution in [0.4, 0.5) is 0 Å². The molecule has 4 aliphatic rings. The number of thioether (sulfide) groups is 1. The molecule has 0 bridgehead atoms. The van der Waals surface area contributed by atoms with Crippen molar-refractivity contribution in [2.24, 2.45) is 11.8 Å². The number of ether oxygens (including phenoxy) is 1. The molecule has 4 fully saturated rings. The zero-order valence-electron chi connectivity index (χ0n) is 14.4. The van der Waals surface area contributed by atoms with Crippen LogP contribution < -0.4 is 5.32 Å². The van der Waals surface area contributed by atoms with Crippen LogP contribution in [0.15, 0.2) is 12.4 Å². The molecule has 0 saturated carbocycles. The molecule has 6 unspecified atom stereocenters. The van der Waals surface area contributed by atoms with Gasteiger partial charge in [-0.15, -0.1) is 11.8 Å². The molecule has 0 aliphatic carbocycles. The Morgan fingerprint density at radius 1 is 1.32 bits per heavy atom. The first-order valence-corrected chi connectivity index (χ1v) is 10.5. The summed E-state index contributed by atoms with van der Waals surface area (Å²) in [7, 11) is 0. The molecule has 2 N–H and O–H groups in total. The van der Waals surface area contributed by atoms with Crippen LogP contribution in [-0.4, -0.2) is 64.6 Å². The van der Waals surface area contributed by atoms with Gasteiger partial charge in [-0.3, -0.25) is 9.89 Å². The average Bonchev–Trinajstić information content (AvgIpc) is 3.35. The van der Waals surface area contributed by atoms with E-state index in [1.807, 2.05) is 24.2 Å². The van der Waals surface area contributed by atoms with Crippen molar-refractivity contribution in [3.05, 3.63) is 18.0 Å². The van der Waals surface area contributed by atoms with Crippen molar-refractivity contribution >= 4 is 17.7 Å². The Morgan fingerprint density at radius 2 is 2.20 bits per heavy atom. The fraction of sp³-hybridized carbons (Fsp3) is 0.778. The van der Waals surface area contributed by atoms with Crippen molar-refractivity contribution in [3.63, 3.8) is 0 Å². The van der Waals surface area contributed by atoms with Crippen molar-refractivity contribution in [2.45, 2.75) is 48.3 Å². The lowest BCUT2D eigenvalue weighted by Gasteiger charge is -2.41. The summed E-state index contributed by atoms with van der Waals surface area (Å²) in [6.07, 6.45) is 8.58. The Labute approximate surface area is 152 Å². The van der Waals surface area contributed by atoms with E-state index in [1.54, 1.807) is 0 Å². The van der Waals surface area contributed by atoms with E-state index >= 15 is 0 Å². The summed E-state index contributed by atoms with van der Waals surface area (Å²) >= 11 is 2.01. The molecule has 4 saturated heterocycles. The molecule has 6 atom stereocenters. The highest BCUT2D eigenvalue weighted by atomic mass is 32.2. The number of hydrogen-bond donors (Lipinski definition) is 2. The Kier molecular flexibility index (Phi) is 4.26. The quantitative estimate of drug-likeness (QED) is 0.836. The zero-order valence-corrected chi connectivity index (χ0v) is 15.2. The monoisotopic (exact) mass is 362 g/mol. The molecule has 136 valence electrons. The minimum atomic E-state index is -0.0211. The first-order chi connectivity index (χ1) is 12.3. The number of H-pyrrole nitrogens is 1. The Hall–Kier alpha value is -1.05. The van der Waals surface area contributed by atoms with Crippen LogP contribution in [0, 0.1) is 11.8 Å². The summed E-state index contributed by atoms with van der Waals surface area (Å²) in [6, 6.07) is -0.0211. The number of aromatic nitrogens is 2. The summed E-state index contributed by atoms with van der Waals surface area (Å²) in [5.41, 5.74) is 1.23. The van der Waals surface area contributed by atoms with Crippen LogP contribution in [0.1, 0.15) is 36.5 Å². The van der Waals surface area contributed by atoms with Gasteiger partial charge in [0.2, 0.25) is 5.91 Å². The third kappa shape index (κ3) is 2.71. The average molecular weight is 362 g/mol. The molecule has 1 aromatic heterocycles. The maximum Gasteiger partial charge on any atom is 0.240 e. The largest absolute Gasteiger partial charge is 0.376 e. The number of carbonyl (C=O) groups is 1. The SMILES string of the molecule is O=C(C1NCC2SC(c3cn[nH]c3)C3OCCCC1C23)N1CCCC1. The van der Waals surface area contributed by atoms with Crippen LogP contribution in [0.2, 0.25) is 0 Å². The van der Waals surface area contributed by atoms with Crippen molar-refractivity contribution in [1.82, 2.24) is 20.4 Å². The first kappa shape index (κ1) is 16.1. The van der Waals surface area contributed by atoms with Crippen LogP contribution >= 0.6 is 11.8 Å². The summed E-state index contributed by atoms with van der Waals surface area (Å²) < 4.78 is 6.34. The minimum Gasteiger partial charge on any atom is -0.376 e. The van der Waals surface area contributed by atoms with Gasteiger partial charge in [0.25, 0.3) is 0 Å². The van der Waals surface area contributed by atoms with Crippen LogP contribution in [0.25, 0.3) is 0 Å². The van der Waals surface area contributed by atoms with Crippen molar-refractivity contribution in [3.8, 4) is 0 Å². The highest BCUT2D eigenvalue weighted by molar-refractivity contribution is 8.00. The maximum atomic E-state index is 13.1. The van der Waals surface area contributed by atoms with E-state index in [2.05, 4.69) is 20.4 Å². The van der Waals surface area contributed by atoms with Crippen molar-refractivity contribution in [2.75, 3.05) is 26.2 Å². The minimum absolute atomic E-state index is 0.0211. The maximum absolute atomic E-state index is 13.1. The number of nitrogens with zero attached hydrogens (tertiary/aromatic N) is 2. The predicted molar refractivity (Wildman–Crippen MR) is 96.3 cm³/mol. The Morgan fingerprint density at radius 3 is 3.00 bits per heavy atom. The van der Waals surface area contributed by atoms with E-state index in [1.165, 1.54) is 5.56 Å². The Bertz CT molecular complexity index is 619.